The second-order valence-electron chi connectivity index (χ2n) is 3.29. The first-order valence-corrected chi connectivity index (χ1v) is 4.81. The minimum absolute atomic E-state index is 0.0445. The van der Waals surface area contributed by atoms with Crippen molar-refractivity contribution in [1.82, 2.24) is 9.38 Å². The quantitative estimate of drug-likeness (QED) is 0.848. The molecule has 0 bridgehead atoms. The van der Waals surface area contributed by atoms with Gasteiger partial charge in [-0.25, -0.2) is 4.98 Å². The summed E-state index contributed by atoms with van der Waals surface area (Å²) in [6, 6.07) is 3.50. The number of hydrogen-bond acceptors (Lipinski definition) is 2. The number of aliphatic carboxylic acids is 1. The maximum Gasteiger partial charge on any atom is 0.307 e. The van der Waals surface area contributed by atoms with Crippen molar-refractivity contribution in [2.24, 2.45) is 0 Å². The summed E-state index contributed by atoms with van der Waals surface area (Å²) in [5, 5.41) is 9.26. The number of rotatable bonds is 2. The van der Waals surface area contributed by atoms with Crippen molar-refractivity contribution < 1.29 is 9.90 Å². The molecular formula is C10H9ClN2O2. The van der Waals surface area contributed by atoms with E-state index in [1.165, 1.54) is 0 Å². The van der Waals surface area contributed by atoms with Gasteiger partial charge in [0.15, 0.2) is 0 Å². The lowest BCUT2D eigenvalue weighted by Crippen LogP contribution is -2.02. The third-order valence-electron chi connectivity index (χ3n) is 2.17. The van der Waals surface area contributed by atoms with Crippen LogP contribution in [0.15, 0.2) is 18.3 Å². The van der Waals surface area contributed by atoms with E-state index < -0.39 is 5.97 Å². The van der Waals surface area contributed by atoms with Gasteiger partial charge in [0.1, 0.15) is 10.8 Å². The number of nitrogens with zero attached hydrogens (tertiary/aromatic N) is 2. The van der Waals surface area contributed by atoms with E-state index in [0.717, 1.165) is 0 Å². The van der Waals surface area contributed by atoms with Crippen molar-refractivity contribution in [3.8, 4) is 0 Å². The Bertz CT molecular complexity index is 533. The molecule has 0 saturated heterocycles. The molecule has 0 aliphatic carbocycles. The number of aryl methyl sites for hydroxylation is 1. The van der Waals surface area contributed by atoms with Gasteiger partial charge in [-0.15, -0.1) is 0 Å². The summed E-state index contributed by atoms with van der Waals surface area (Å²) in [4.78, 5) is 14.9. The van der Waals surface area contributed by atoms with Crippen LogP contribution in [-0.2, 0) is 11.2 Å². The molecule has 0 radical (unpaired) electrons. The standard InChI is InChI=1S/C10H9ClN2O2/c1-6-9(11)13-4-2-3-7(5-8(14)15)10(13)12-6/h2-4H,5H2,1H3,(H,14,15). The number of fused-ring (bicyclic) bond motifs is 1. The Balaban J connectivity index is 2.65. The summed E-state index contributed by atoms with van der Waals surface area (Å²) >= 11 is 6.00. The van der Waals surface area contributed by atoms with Crippen LogP contribution in [0.3, 0.4) is 0 Å². The fourth-order valence-electron chi connectivity index (χ4n) is 1.51. The van der Waals surface area contributed by atoms with Crippen LogP contribution >= 0.6 is 11.6 Å². The molecule has 15 heavy (non-hydrogen) atoms. The maximum absolute atomic E-state index is 10.6. The van der Waals surface area contributed by atoms with Crippen LogP contribution in [0.5, 0.6) is 0 Å². The molecule has 2 aromatic heterocycles. The smallest absolute Gasteiger partial charge is 0.307 e. The predicted octanol–water partition coefficient (Wildman–Crippen LogP) is 1.92. The van der Waals surface area contributed by atoms with Gasteiger partial charge in [0.05, 0.1) is 12.1 Å². The van der Waals surface area contributed by atoms with E-state index in [4.69, 9.17) is 16.7 Å². The monoisotopic (exact) mass is 224 g/mol. The molecule has 4 nitrogen and oxygen atoms in total. The lowest BCUT2D eigenvalue weighted by molar-refractivity contribution is -0.136. The van der Waals surface area contributed by atoms with Gasteiger partial charge in [-0.3, -0.25) is 9.20 Å². The summed E-state index contributed by atoms with van der Waals surface area (Å²) in [5.41, 5.74) is 1.98. The van der Waals surface area contributed by atoms with E-state index in [0.29, 0.717) is 22.1 Å². The second-order valence-corrected chi connectivity index (χ2v) is 3.64. The number of hydrogen-bond donors (Lipinski definition) is 1. The molecule has 2 aromatic rings. The van der Waals surface area contributed by atoms with E-state index in [-0.39, 0.29) is 6.42 Å². The van der Waals surface area contributed by atoms with Crippen molar-refractivity contribution >= 4 is 23.2 Å². The first kappa shape index (κ1) is 9.98. The molecule has 0 unspecified atom stereocenters. The van der Waals surface area contributed by atoms with Gasteiger partial charge in [0.25, 0.3) is 0 Å². The topological polar surface area (TPSA) is 54.6 Å². The van der Waals surface area contributed by atoms with Gasteiger partial charge in [0.2, 0.25) is 0 Å². The van der Waals surface area contributed by atoms with Gasteiger partial charge in [0, 0.05) is 11.8 Å². The number of carbonyl (C=O) groups is 1. The van der Waals surface area contributed by atoms with Gasteiger partial charge in [-0.1, -0.05) is 17.7 Å². The summed E-state index contributed by atoms with van der Waals surface area (Å²) in [6.45, 7) is 1.79. The first-order chi connectivity index (χ1) is 7.09. The molecular weight excluding hydrogens is 216 g/mol. The van der Waals surface area contributed by atoms with Gasteiger partial charge in [-0.05, 0) is 13.0 Å². The Labute approximate surface area is 91.1 Å². The molecule has 0 fully saturated rings. The van der Waals surface area contributed by atoms with Crippen LogP contribution in [0.4, 0.5) is 0 Å². The summed E-state index contributed by atoms with van der Waals surface area (Å²) < 4.78 is 1.69. The van der Waals surface area contributed by atoms with E-state index in [1.807, 2.05) is 0 Å². The highest BCUT2D eigenvalue weighted by Gasteiger charge is 2.11. The highest BCUT2D eigenvalue weighted by Crippen LogP contribution is 2.20. The third-order valence-corrected chi connectivity index (χ3v) is 2.63. The van der Waals surface area contributed by atoms with E-state index in [2.05, 4.69) is 4.98 Å². The molecule has 0 aliphatic rings. The largest absolute Gasteiger partial charge is 0.481 e. The number of aromatic nitrogens is 2. The molecule has 78 valence electrons. The average Bonchev–Trinajstić information content (AvgIpc) is 2.45. The molecule has 5 heteroatoms. The fraction of sp³-hybridized carbons (Fsp3) is 0.200. The number of carboxylic acid groups (broad SMARTS) is 1. The Hall–Kier alpha value is -1.55. The van der Waals surface area contributed by atoms with Crippen LogP contribution in [-0.4, -0.2) is 20.5 Å². The van der Waals surface area contributed by atoms with Gasteiger partial charge >= 0.3 is 5.97 Å². The minimum Gasteiger partial charge on any atom is -0.481 e. The maximum atomic E-state index is 10.6. The Morgan fingerprint density at radius 2 is 2.40 bits per heavy atom. The average molecular weight is 225 g/mol. The fourth-order valence-corrected chi connectivity index (χ4v) is 1.69. The van der Waals surface area contributed by atoms with E-state index >= 15 is 0 Å². The first-order valence-electron chi connectivity index (χ1n) is 4.43. The van der Waals surface area contributed by atoms with Crippen LogP contribution in [0.25, 0.3) is 5.65 Å². The molecule has 2 rings (SSSR count). The molecule has 0 atom stereocenters. The molecule has 0 aromatic carbocycles. The predicted molar refractivity (Wildman–Crippen MR) is 56.3 cm³/mol. The van der Waals surface area contributed by atoms with Crippen molar-refractivity contribution in [1.29, 1.82) is 0 Å². The molecule has 1 N–H and O–H groups in total. The SMILES string of the molecule is Cc1nc2c(CC(=O)O)cccn2c1Cl. The second kappa shape index (κ2) is 3.55. The number of pyridine rings is 1. The Kier molecular flexibility index (Phi) is 2.36. The molecule has 2 heterocycles. The zero-order chi connectivity index (χ0) is 11.0. The molecule has 0 spiro atoms. The number of imidazole rings is 1. The van der Waals surface area contributed by atoms with Crippen molar-refractivity contribution in [2.45, 2.75) is 13.3 Å². The minimum atomic E-state index is -0.875. The van der Waals surface area contributed by atoms with Crippen molar-refractivity contribution in [3.05, 3.63) is 34.7 Å². The lowest BCUT2D eigenvalue weighted by atomic mass is 10.2. The Morgan fingerprint density at radius 3 is 3.07 bits per heavy atom. The molecule has 0 aliphatic heterocycles. The van der Waals surface area contributed by atoms with Gasteiger partial charge < -0.3 is 5.11 Å². The highest BCUT2D eigenvalue weighted by molar-refractivity contribution is 6.30. The normalized spacial score (nSPS) is 10.8. The highest BCUT2D eigenvalue weighted by atomic mass is 35.5. The third kappa shape index (κ3) is 1.68. The Morgan fingerprint density at radius 1 is 1.67 bits per heavy atom. The van der Waals surface area contributed by atoms with Crippen LogP contribution in [0.2, 0.25) is 5.15 Å². The summed E-state index contributed by atoms with van der Waals surface area (Å²) in [6.07, 6.45) is 1.72. The van der Waals surface area contributed by atoms with Crippen molar-refractivity contribution in [2.75, 3.05) is 0 Å². The zero-order valence-electron chi connectivity index (χ0n) is 8.07. The summed E-state index contributed by atoms with van der Waals surface area (Å²) in [5.74, 6) is -0.875. The van der Waals surface area contributed by atoms with Gasteiger partial charge in [-0.2, -0.15) is 0 Å². The van der Waals surface area contributed by atoms with E-state index in [1.54, 1.807) is 29.7 Å². The number of carboxylic acids is 1. The summed E-state index contributed by atoms with van der Waals surface area (Å²) in [7, 11) is 0. The van der Waals surface area contributed by atoms with E-state index in [9.17, 15) is 4.79 Å². The lowest BCUT2D eigenvalue weighted by Gasteiger charge is -2.00. The van der Waals surface area contributed by atoms with Crippen LogP contribution in [0, 0.1) is 6.92 Å². The molecule has 0 saturated carbocycles. The molecule has 0 amide bonds. The van der Waals surface area contributed by atoms with Crippen LogP contribution < -0.4 is 0 Å². The zero-order valence-corrected chi connectivity index (χ0v) is 8.82. The van der Waals surface area contributed by atoms with Crippen LogP contribution in [0.1, 0.15) is 11.3 Å². The number of halogens is 1. The van der Waals surface area contributed by atoms with Crippen molar-refractivity contribution in [3.63, 3.8) is 0 Å².